The summed E-state index contributed by atoms with van der Waals surface area (Å²) in [6.45, 7) is 3.31. The predicted octanol–water partition coefficient (Wildman–Crippen LogP) is 0.163. The van der Waals surface area contributed by atoms with Crippen LogP contribution in [-0.4, -0.2) is 46.4 Å². The Balaban J connectivity index is 3.80. The molecule has 0 rings (SSSR count). The summed E-state index contributed by atoms with van der Waals surface area (Å²) in [5.41, 5.74) is -1.67. The smallest absolute Gasteiger partial charge is 0.336 e. The van der Waals surface area contributed by atoms with Crippen LogP contribution in [0.3, 0.4) is 0 Å². The largest absolute Gasteiger partial charge is 0.479 e. The van der Waals surface area contributed by atoms with E-state index in [1.54, 1.807) is 11.8 Å². The van der Waals surface area contributed by atoms with E-state index in [0.717, 1.165) is 5.75 Å². The van der Waals surface area contributed by atoms with Crippen LogP contribution in [0.4, 0.5) is 0 Å². The van der Waals surface area contributed by atoms with Crippen LogP contribution in [-0.2, 0) is 4.79 Å². The van der Waals surface area contributed by atoms with Crippen molar-refractivity contribution in [3.63, 3.8) is 0 Å². The number of aliphatic hydroxyl groups is 1. The van der Waals surface area contributed by atoms with Gasteiger partial charge in [0.2, 0.25) is 0 Å². The fourth-order valence-corrected chi connectivity index (χ4v) is 1.38. The molecule has 0 fully saturated rings. The minimum Gasteiger partial charge on any atom is -0.479 e. The van der Waals surface area contributed by atoms with Gasteiger partial charge in [-0.05, 0) is 20.1 Å². The fourth-order valence-electron chi connectivity index (χ4n) is 0.758. The second-order valence-corrected chi connectivity index (χ2v) is 4.23. The SMILES string of the molecule is CSCC(C)NCC(C)(O)C(=O)O. The van der Waals surface area contributed by atoms with Gasteiger partial charge in [-0.1, -0.05) is 0 Å². The summed E-state index contributed by atoms with van der Waals surface area (Å²) < 4.78 is 0. The van der Waals surface area contributed by atoms with Crippen LogP contribution in [0, 0.1) is 0 Å². The van der Waals surface area contributed by atoms with E-state index in [1.807, 2.05) is 13.2 Å². The molecular weight excluding hydrogens is 190 g/mol. The molecule has 0 aromatic heterocycles. The number of carboxylic acids is 1. The van der Waals surface area contributed by atoms with Crippen LogP contribution in [0.15, 0.2) is 0 Å². The van der Waals surface area contributed by atoms with Gasteiger partial charge in [-0.2, -0.15) is 11.8 Å². The predicted molar refractivity (Wildman–Crippen MR) is 54.1 cm³/mol. The third kappa shape index (κ3) is 5.13. The lowest BCUT2D eigenvalue weighted by Crippen LogP contribution is -2.47. The van der Waals surface area contributed by atoms with Crippen molar-refractivity contribution >= 4 is 17.7 Å². The maximum Gasteiger partial charge on any atom is 0.336 e. The third-order valence-electron chi connectivity index (χ3n) is 1.67. The molecule has 0 amide bonds. The highest BCUT2D eigenvalue weighted by atomic mass is 32.2. The molecule has 2 atom stereocenters. The van der Waals surface area contributed by atoms with Crippen molar-refractivity contribution in [3.05, 3.63) is 0 Å². The van der Waals surface area contributed by atoms with Gasteiger partial charge in [-0.3, -0.25) is 0 Å². The number of carboxylic acid groups (broad SMARTS) is 1. The van der Waals surface area contributed by atoms with E-state index in [0.29, 0.717) is 0 Å². The number of rotatable bonds is 6. The Morgan fingerprint density at radius 3 is 2.62 bits per heavy atom. The summed E-state index contributed by atoms with van der Waals surface area (Å²) in [4.78, 5) is 10.5. The van der Waals surface area contributed by atoms with E-state index in [9.17, 15) is 9.90 Å². The zero-order valence-corrected chi connectivity index (χ0v) is 9.02. The zero-order chi connectivity index (χ0) is 10.5. The average Bonchev–Trinajstić information content (AvgIpc) is 2.01. The van der Waals surface area contributed by atoms with Gasteiger partial charge in [0.15, 0.2) is 5.60 Å². The molecule has 2 unspecified atom stereocenters. The van der Waals surface area contributed by atoms with E-state index in [1.165, 1.54) is 6.92 Å². The maximum absolute atomic E-state index is 10.5. The number of aliphatic carboxylic acids is 1. The number of hydrogen-bond donors (Lipinski definition) is 3. The number of hydrogen-bond acceptors (Lipinski definition) is 4. The average molecular weight is 207 g/mol. The van der Waals surface area contributed by atoms with Gasteiger partial charge in [-0.15, -0.1) is 0 Å². The highest BCUT2D eigenvalue weighted by molar-refractivity contribution is 7.98. The number of nitrogens with one attached hydrogen (secondary N) is 1. The highest BCUT2D eigenvalue weighted by Crippen LogP contribution is 2.03. The Hall–Kier alpha value is -0.260. The van der Waals surface area contributed by atoms with Crippen molar-refractivity contribution in [2.24, 2.45) is 0 Å². The molecular formula is C8H17NO3S. The van der Waals surface area contributed by atoms with Crippen molar-refractivity contribution in [3.8, 4) is 0 Å². The van der Waals surface area contributed by atoms with E-state index in [2.05, 4.69) is 5.32 Å². The zero-order valence-electron chi connectivity index (χ0n) is 8.20. The normalized spacial score (nSPS) is 17.8. The van der Waals surface area contributed by atoms with Gasteiger partial charge in [0.05, 0.1) is 0 Å². The van der Waals surface area contributed by atoms with Gasteiger partial charge in [0, 0.05) is 18.3 Å². The first-order chi connectivity index (χ1) is 5.90. The van der Waals surface area contributed by atoms with Gasteiger partial charge in [-0.25, -0.2) is 4.79 Å². The summed E-state index contributed by atoms with van der Waals surface area (Å²) in [5.74, 6) is -0.299. The number of thioether (sulfide) groups is 1. The first-order valence-corrected chi connectivity index (χ1v) is 5.47. The molecule has 4 nitrogen and oxygen atoms in total. The summed E-state index contributed by atoms with van der Waals surface area (Å²) in [6, 6.07) is 0.209. The topological polar surface area (TPSA) is 69.6 Å². The van der Waals surface area contributed by atoms with Crippen molar-refractivity contribution in [1.82, 2.24) is 5.32 Å². The molecule has 0 heterocycles. The van der Waals surface area contributed by atoms with E-state index in [4.69, 9.17) is 5.11 Å². The fraction of sp³-hybridized carbons (Fsp3) is 0.875. The van der Waals surface area contributed by atoms with E-state index in [-0.39, 0.29) is 12.6 Å². The monoisotopic (exact) mass is 207 g/mol. The maximum atomic E-state index is 10.5. The minimum atomic E-state index is -1.67. The molecule has 13 heavy (non-hydrogen) atoms. The molecule has 78 valence electrons. The molecule has 0 aromatic rings. The lowest BCUT2D eigenvalue weighted by atomic mass is 10.1. The second kappa shape index (κ2) is 5.47. The Bertz CT molecular complexity index is 173. The Morgan fingerprint density at radius 2 is 2.23 bits per heavy atom. The van der Waals surface area contributed by atoms with Crippen molar-refractivity contribution < 1.29 is 15.0 Å². The Morgan fingerprint density at radius 1 is 1.69 bits per heavy atom. The van der Waals surface area contributed by atoms with Crippen molar-refractivity contribution in [1.29, 1.82) is 0 Å². The van der Waals surface area contributed by atoms with E-state index >= 15 is 0 Å². The summed E-state index contributed by atoms with van der Waals surface area (Å²) in [6.07, 6.45) is 1.98. The van der Waals surface area contributed by atoms with Crippen LogP contribution in [0.5, 0.6) is 0 Å². The molecule has 0 aromatic carbocycles. The van der Waals surface area contributed by atoms with Crippen LogP contribution in [0.1, 0.15) is 13.8 Å². The molecule has 0 bridgehead atoms. The standard InChI is InChI=1S/C8H17NO3S/c1-6(4-13-3)9-5-8(2,12)7(10)11/h6,9,12H,4-5H2,1-3H3,(H,10,11). The first kappa shape index (κ1) is 12.7. The highest BCUT2D eigenvalue weighted by Gasteiger charge is 2.29. The van der Waals surface area contributed by atoms with Crippen LogP contribution in [0.25, 0.3) is 0 Å². The van der Waals surface area contributed by atoms with Gasteiger partial charge < -0.3 is 15.5 Å². The van der Waals surface area contributed by atoms with Crippen molar-refractivity contribution in [2.75, 3.05) is 18.6 Å². The summed E-state index contributed by atoms with van der Waals surface area (Å²) in [7, 11) is 0. The van der Waals surface area contributed by atoms with E-state index < -0.39 is 11.6 Å². The molecule has 0 aliphatic carbocycles. The first-order valence-electron chi connectivity index (χ1n) is 4.08. The number of carbonyl (C=O) groups is 1. The van der Waals surface area contributed by atoms with Crippen LogP contribution < -0.4 is 5.32 Å². The lowest BCUT2D eigenvalue weighted by Gasteiger charge is -2.21. The second-order valence-electron chi connectivity index (χ2n) is 3.32. The van der Waals surface area contributed by atoms with Gasteiger partial charge >= 0.3 is 5.97 Å². The van der Waals surface area contributed by atoms with Crippen LogP contribution in [0.2, 0.25) is 0 Å². The quantitative estimate of drug-likeness (QED) is 0.579. The lowest BCUT2D eigenvalue weighted by molar-refractivity contribution is -0.156. The molecule has 0 saturated carbocycles. The molecule has 3 N–H and O–H groups in total. The molecule has 0 radical (unpaired) electrons. The van der Waals surface area contributed by atoms with Gasteiger partial charge in [0.25, 0.3) is 0 Å². The molecule has 0 aliphatic heterocycles. The Labute approximate surface area is 82.7 Å². The third-order valence-corrected chi connectivity index (χ3v) is 2.51. The summed E-state index contributed by atoms with van der Waals surface area (Å²) >= 11 is 1.68. The molecule has 0 saturated heterocycles. The van der Waals surface area contributed by atoms with Crippen LogP contribution >= 0.6 is 11.8 Å². The Kier molecular flexibility index (Phi) is 5.36. The minimum absolute atomic E-state index is 0.0735. The summed E-state index contributed by atoms with van der Waals surface area (Å²) in [5, 5.41) is 20.9. The van der Waals surface area contributed by atoms with Gasteiger partial charge in [0.1, 0.15) is 0 Å². The molecule has 5 heteroatoms. The van der Waals surface area contributed by atoms with Crippen molar-refractivity contribution in [2.45, 2.75) is 25.5 Å². The molecule has 0 aliphatic rings. The molecule has 0 spiro atoms.